The molecule has 0 rings (SSSR count). The van der Waals surface area contributed by atoms with E-state index in [-0.39, 0.29) is 0 Å². The Hall–Kier alpha value is -1.80. The Labute approximate surface area is 109 Å². The van der Waals surface area contributed by atoms with Gasteiger partial charge in [-0.1, -0.05) is 0 Å². The maximum atomic E-state index is 10.6. The molecule has 0 aromatic rings. The Kier molecular flexibility index (Phi) is 19.1. The van der Waals surface area contributed by atoms with Crippen molar-refractivity contribution in [1.82, 2.24) is 0 Å². The van der Waals surface area contributed by atoms with Crippen molar-refractivity contribution in [3.8, 4) is 0 Å². The van der Waals surface area contributed by atoms with Crippen LogP contribution >= 0.6 is 0 Å². The van der Waals surface area contributed by atoms with Gasteiger partial charge in [-0.25, -0.2) is 18.0 Å². The van der Waals surface area contributed by atoms with Crippen LogP contribution in [0.5, 0.6) is 0 Å². The summed E-state index contributed by atoms with van der Waals surface area (Å²) in [7, 11) is 0. The Morgan fingerprint density at radius 3 is 1.29 bits per heavy atom. The molecule has 0 bridgehead atoms. The normalized spacial score (nSPS) is 9.81. The lowest BCUT2D eigenvalue weighted by Gasteiger charge is -1.99. The predicted octanol–water partition coefficient (Wildman–Crippen LogP) is 2.82. The predicted molar refractivity (Wildman–Crippen MR) is 46.9 cm³/mol. The highest BCUT2D eigenvalue weighted by atomic mass is 19.4. The minimum absolute atomic E-state index is 1.33. The van der Waals surface area contributed by atoms with Crippen LogP contribution in [0.15, 0.2) is 0 Å². The number of carboxylic acids is 1. The summed E-state index contributed by atoms with van der Waals surface area (Å²) >= 11 is 0. The van der Waals surface area contributed by atoms with Crippen LogP contribution < -0.4 is 5.73 Å². The van der Waals surface area contributed by atoms with E-state index >= 15 is 0 Å². The number of ether oxygens (including phenoxy) is 1. The summed E-state index contributed by atoms with van der Waals surface area (Å²) in [5.41, 5.74) is 4.03. The highest BCUT2D eigenvalue weighted by Crippen LogP contribution is 2.15. The first-order valence-corrected chi connectivity index (χ1v) is 3.83. The van der Waals surface area contributed by atoms with E-state index in [0.717, 1.165) is 0 Å². The van der Waals surface area contributed by atoms with Crippen molar-refractivity contribution in [3.05, 3.63) is 0 Å². The number of rotatable bonds is 1. The van der Waals surface area contributed by atoms with Crippen LogP contribution in [0, 0.1) is 5.41 Å². The van der Waals surface area contributed by atoms with Crippen LogP contribution in [0.2, 0.25) is 0 Å². The zero-order valence-electron chi connectivity index (χ0n) is 9.53. The second kappa shape index (κ2) is 14.6. The number of aliphatic carboxylic acids is 1. The van der Waals surface area contributed by atoms with E-state index in [0.29, 0.717) is 0 Å². The molecule has 15 heteroatoms. The van der Waals surface area contributed by atoms with Gasteiger partial charge < -0.3 is 10.8 Å². The highest BCUT2D eigenvalue weighted by Gasteiger charge is 2.38. The molecule has 0 radical (unpaired) electrons. The Bertz CT molecular complexity index is 262. The minimum Gasteiger partial charge on any atom is -0.475 e. The zero-order chi connectivity index (χ0) is 18.3. The maximum Gasteiger partial charge on any atom is 0.524 e. The Balaban J connectivity index is -0.0000000973. The van der Waals surface area contributed by atoms with Crippen molar-refractivity contribution in [1.29, 1.82) is 5.41 Å². The fraction of sp³-hybridized carbons (Fsp3) is 0.667. The van der Waals surface area contributed by atoms with E-state index in [2.05, 4.69) is 10.5 Å². The smallest absolute Gasteiger partial charge is 0.475 e. The molecule has 0 aliphatic rings. The zero-order valence-corrected chi connectivity index (χ0v) is 9.53. The molecule has 0 atom stereocenters. The molecule has 5 nitrogen and oxygen atoms in total. The Morgan fingerprint density at radius 2 is 1.29 bits per heavy atom. The number of nitrogens with one attached hydrogen (secondary N) is 1. The number of alkyl halides is 9. The first-order chi connectivity index (χ1) is 9.15. The first kappa shape index (κ1) is 27.5. The SMILES string of the molecule is FCF.FCOC(F)(F)F.N=C(N)F.O=C(O)C(F)(F)F. The molecular formula is C6H8F10N2O3. The van der Waals surface area contributed by atoms with Gasteiger partial charge in [-0.3, -0.25) is 10.1 Å². The second-order valence-electron chi connectivity index (χ2n) is 1.95. The molecule has 0 amide bonds. The number of carboxylic acid groups (broad SMARTS) is 1. The van der Waals surface area contributed by atoms with E-state index < -0.39 is 38.4 Å². The summed E-state index contributed by atoms with van der Waals surface area (Å²) in [5, 5.41) is 12.7. The van der Waals surface area contributed by atoms with Crippen molar-refractivity contribution in [3.63, 3.8) is 0 Å². The molecular weight excluding hydrogens is 338 g/mol. The van der Waals surface area contributed by atoms with Crippen molar-refractivity contribution in [2.45, 2.75) is 12.5 Å². The number of hydrogen-bond donors (Lipinski definition) is 3. The van der Waals surface area contributed by atoms with Crippen LogP contribution in [-0.4, -0.2) is 43.5 Å². The molecule has 0 aromatic carbocycles. The number of amidine groups is 1. The van der Waals surface area contributed by atoms with Crippen LogP contribution in [0.3, 0.4) is 0 Å². The molecule has 0 aliphatic heterocycles. The van der Waals surface area contributed by atoms with Crippen LogP contribution in [0.4, 0.5) is 43.9 Å². The average Bonchev–Trinajstić information content (AvgIpc) is 2.14. The summed E-state index contributed by atoms with van der Waals surface area (Å²) in [4.78, 5) is 8.90. The fourth-order valence-electron chi connectivity index (χ4n) is 0.0619. The lowest BCUT2D eigenvalue weighted by molar-refractivity contribution is -0.336. The minimum atomic E-state index is -5.08. The summed E-state index contributed by atoms with van der Waals surface area (Å²) in [6.07, 6.45) is -11.2. The fourth-order valence-corrected chi connectivity index (χ4v) is 0.0619. The van der Waals surface area contributed by atoms with Gasteiger partial charge in [0.15, 0.2) is 6.86 Å². The van der Waals surface area contributed by atoms with Crippen molar-refractivity contribution in [2.24, 2.45) is 5.73 Å². The van der Waals surface area contributed by atoms with E-state index in [1.54, 1.807) is 0 Å². The van der Waals surface area contributed by atoms with Crippen molar-refractivity contribution in [2.75, 3.05) is 13.8 Å². The van der Waals surface area contributed by atoms with Gasteiger partial charge in [0.05, 0.1) is 0 Å². The van der Waals surface area contributed by atoms with Crippen LogP contribution in [0.25, 0.3) is 0 Å². The molecule has 0 aromatic heterocycles. The molecule has 130 valence electrons. The van der Waals surface area contributed by atoms with Crippen LogP contribution in [0.1, 0.15) is 0 Å². The van der Waals surface area contributed by atoms with Gasteiger partial charge >= 0.3 is 18.5 Å². The number of halogens is 10. The third-order valence-corrected chi connectivity index (χ3v) is 0.461. The molecule has 0 saturated carbocycles. The quantitative estimate of drug-likeness (QED) is 0.294. The molecule has 4 N–H and O–H groups in total. The number of nitrogens with two attached hydrogens (primary N) is 1. The molecule has 0 aliphatic carbocycles. The summed E-state index contributed by atoms with van der Waals surface area (Å²) in [5.74, 6) is -2.76. The molecule has 0 heterocycles. The Morgan fingerprint density at radius 1 is 1.10 bits per heavy atom. The molecule has 0 saturated heterocycles. The van der Waals surface area contributed by atoms with Gasteiger partial charge in [0.1, 0.15) is 0 Å². The van der Waals surface area contributed by atoms with Gasteiger partial charge in [0, 0.05) is 0 Å². The van der Waals surface area contributed by atoms with Crippen LogP contribution in [-0.2, 0) is 9.53 Å². The lowest BCUT2D eigenvalue weighted by atomic mass is 10.7. The topological polar surface area (TPSA) is 96.4 Å². The lowest BCUT2D eigenvalue weighted by Crippen LogP contribution is -2.21. The van der Waals surface area contributed by atoms with E-state index in [4.69, 9.17) is 15.3 Å². The number of carbonyl (C=O) groups is 1. The molecule has 21 heavy (non-hydrogen) atoms. The van der Waals surface area contributed by atoms with Gasteiger partial charge in [-0.15, -0.1) is 13.2 Å². The first-order valence-electron chi connectivity index (χ1n) is 3.83. The van der Waals surface area contributed by atoms with Gasteiger partial charge in [-0.2, -0.15) is 17.6 Å². The van der Waals surface area contributed by atoms with Crippen molar-refractivity contribution < 1.29 is 58.5 Å². The highest BCUT2D eigenvalue weighted by molar-refractivity contribution is 5.73. The summed E-state index contributed by atoms with van der Waals surface area (Å²) in [6, 6.07) is 0. The van der Waals surface area contributed by atoms with Gasteiger partial charge in [-0.05, 0) is 0 Å². The van der Waals surface area contributed by atoms with E-state index in [1.165, 1.54) is 0 Å². The maximum absolute atomic E-state index is 10.6. The summed E-state index contributed by atoms with van der Waals surface area (Å²) < 4.78 is 106. The van der Waals surface area contributed by atoms with E-state index in [9.17, 15) is 43.9 Å². The second-order valence-corrected chi connectivity index (χ2v) is 1.95. The number of hydrogen-bond acceptors (Lipinski definition) is 3. The third-order valence-electron chi connectivity index (χ3n) is 0.461. The average molecular weight is 346 g/mol. The van der Waals surface area contributed by atoms with Gasteiger partial charge in [0.25, 0.3) is 6.09 Å². The monoisotopic (exact) mass is 346 g/mol. The summed E-state index contributed by atoms with van der Waals surface area (Å²) in [6.45, 7) is -3.57. The molecule has 0 unspecified atom stereocenters. The van der Waals surface area contributed by atoms with Gasteiger partial charge in [0.2, 0.25) is 6.93 Å². The van der Waals surface area contributed by atoms with Crippen molar-refractivity contribution >= 4 is 12.1 Å². The third kappa shape index (κ3) is 71.0. The molecule has 0 spiro atoms. The van der Waals surface area contributed by atoms with E-state index in [1.807, 2.05) is 0 Å². The molecule has 0 fully saturated rings. The standard InChI is InChI=1S/C2H2F4O.C2HF3O2.CH2F2.CH3FN2/c3-1-7-2(4,5)6;3-2(4,5)1(6)7;2-1-3;2-1(3)4/h1H2;(H,6,7);1H2;(H3,3,4). The largest absolute Gasteiger partial charge is 0.524 e.